The minimum Gasteiger partial charge on any atom is -0.296 e. The first-order valence-electron chi connectivity index (χ1n) is 8.17. The monoisotopic (exact) mass is 319 g/mol. The maximum Gasteiger partial charge on any atom is 0.233 e. The van der Waals surface area contributed by atoms with Crippen LogP contribution in [0.3, 0.4) is 0 Å². The van der Waals surface area contributed by atoms with Gasteiger partial charge >= 0.3 is 0 Å². The lowest BCUT2D eigenvalue weighted by Gasteiger charge is -2.17. The Bertz CT molecular complexity index is 877. The highest BCUT2D eigenvalue weighted by molar-refractivity contribution is 6.01. The molecular formula is C21H21NO2. The molecule has 0 aromatic heterocycles. The van der Waals surface area contributed by atoms with E-state index in [1.807, 2.05) is 18.2 Å². The summed E-state index contributed by atoms with van der Waals surface area (Å²) in [6.07, 6.45) is 4.70. The zero-order valence-corrected chi connectivity index (χ0v) is 14.1. The van der Waals surface area contributed by atoms with Gasteiger partial charge in [-0.25, -0.2) is 0 Å². The lowest BCUT2D eigenvalue weighted by atomic mass is 9.92. The van der Waals surface area contributed by atoms with E-state index in [9.17, 15) is 9.59 Å². The maximum atomic E-state index is 11.9. The van der Waals surface area contributed by atoms with E-state index in [1.54, 1.807) is 0 Å². The second-order valence-corrected chi connectivity index (χ2v) is 6.37. The predicted octanol–water partition coefficient (Wildman–Crippen LogP) is 4.08. The molecule has 1 aliphatic rings. The molecule has 1 unspecified atom stereocenters. The zero-order valence-electron chi connectivity index (χ0n) is 14.1. The molecule has 0 bridgehead atoms. The van der Waals surface area contributed by atoms with Gasteiger partial charge in [-0.1, -0.05) is 49.1 Å². The van der Waals surface area contributed by atoms with Crippen molar-refractivity contribution < 1.29 is 9.59 Å². The van der Waals surface area contributed by atoms with Crippen molar-refractivity contribution in [2.45, 2.75) is 26.7 Å². The molecule has 2 aromatic carbocycles. The molecule has 1 aliphatic heterocycles. The lowest BCUT2D eigenvalue weighted by Crippen LogP contribution is -2.39. The van der Waals surface area contributed by atoms with Gasteiger partial charge < -0.3 is 0 Å². The first-order valence-corrected chi connectivity index (χ1v) is 8.17. The smallest absolute Gasteiger partial charge is 0.233 e. The first kappa shape index (κ1) is 16.2. The number of aryl methyl sites for hydroxylation is 2. The van der Waals surface area contributed by atoms with Crippen LogP contribution >= 0.6 is 0 Å². The fraction of sp³-hybridized carbons (Fsp3) is 0.238. The molecule has 3 heteroatoms. The van der Waals surface area contributed by atoms with Crippen LogP contribution in [0.25, 0.3) is 16.3 Å². The summed E-state index contributed by atoms with van der Waals surface area (Å²) in [5, 5.41) is 4.81. The van der Waals surface area contributed by atoms with Crippen LogP contribution in [0, 0.1) is 19.8 Å². The zero-order chi connectivity index (χ0) is 17.3. The SMILES string of the molecule is C=C(/C=C/C1CCC(=O)NC1=O)c1cccc2c(C)ccc(C)c12. The molecule has 1 saturated heterocycles. The van der Waals surface area contributed by atoms with Crippen LogP contribution in [0.15, 0.2) is 49.1 Å². The Morgan fingerprint density at radius 3 is 2.67 bits per heavy atom. The number of piperidine rings is 1. The van der Waals surface area contributed by atoms with Gasteiger partial charge in [0.2, 0.25) is 11.8 Å². The minimum absolute atomic E-state index is 0.191. The van der Waals surface area contributed by atoms with Crippen molar-refractivity contribution in [3.8, 4) is 0 Å². The fourth-order valence-corrected chi connectivity index (χ4v) is 3.21. The number of carbonyl (C=O) groups is 2. The number of fused-ring (bicyclic) bond motifs is 1. The van der Waals surface area contributed by atoms with Gasteiger partial charge in [0.05, 0.1) is 5.92 Å². The molecule has 2 amide bonds. The van der Waals surface area contributed by atoms with Gasteiger partial charge in [0, 0.05) is 6.42 Å². The number of rotatable bonds is 3. The van der Waals surface area contributed by atoms with Gasteiger partial charge in [-0.15, -0.1) is 0 Å². The Balaban J connectivity index is 1.92. The van der Waals surface area contributed by atoms with E-state index in [4.69, 9.17) is 0 Å². The molecule has 24 heavy (non-hydrogen) atoms. The van der Waals surface area contributed by atoms with Gasteiger partial charge in [0.15, 0.2) is 0 Å². The van der Waals surface area contributed by atoms with Crippen LogP contribution in [0.4, 0.5) is 0 Å². The number of hydrogen-bond acceptors (Lipinski definition) is 2. The van der Waals surface area contributed by atoms with Crippen molar-refractivity contribution in [1.82, 2.24) is 5.32 Å². The molecule has 0 saturated carbocycles. The second-order valence-electron chi connectivity index (χ2n) is 6.37. The van der Waals surface area contributed by atoms with E-state index in [1.165, 1.54) is 21.9 Å². The molecule has 0 spiro atoms. The topological polar surface area (TPSA) is 46.2 Å². The quantitative estimate of drug-likeness (QED) is 0.684. The highest BCUT2D eigenvalue weighted by atomic mass is 16.2. The van der Waals surface area contributed by atoms with Gasteiger partial charge in [0.1, 0.15) is 0 Å². The van der Waals surface area contributed by atoms with Crippen LogP contribution in [-0.4, -0.2) is 11.8 Å². The predicted molar refractivity (Wildman–Crippen MR) is 97.5 cm³/mol. The molecule has 1 heterocycles. The number of nitrogens with one attached hydrogen (secondary N) is 1. The van der Waals surface area contributed by atoms with E-state index in [-0.39, 0.29) is 17.7 Å². The van der Waals surface area contributed by atoms with Crippen molar-refractivity contribution in [2.75, 3.05) is 0 Å². The van der Waals surface area contributed by atoms with Crippen LogP contribution < -0.4 is 5.32 Å². The summed E-state index contributed by atoms with van der Waals surface area (Å²) in [5.74, 6) is -0.680. The van der Waals surface area contributed by atoms with E-state index in [2.05, 4.69) is 50.0 Å². The Kier molecular flexibility index (Phi) is 4.34. The molecule has 1 N–H and O–H groups in total. The Morgan fingerprint density at radius 1 is 1.17 bits per heavy atom. The summed E-state index contributed by atoms with van der Waals surface area (Å²) < 4.78 is 0. The van der Waals surface area contributed by atoms with E-state index >= 15 is 0 Å². The van der Waals surface area contributed by atoms with E-state index in [0.717, 1.165) is 11.1 Å². The summed E-state index contributed by atoms with van der Waals surface area (Å²) in [4.78, 5) is 23.1. The first-order chi connectivity index (χ1) is 11.5. The molecule has 0 radical (unpaired) electrons. The molecule has 3 nitrogen and oxygen atoms in total. The largest absolute Gasteiger partial charge is 0.296 e. The van der Waals surface area contributed by atoms with Gasteiger partial charge in [-0.2, -0.15) is 0 Å². The van der Waals surface area contributed by atoms with Crippen molar-refractivity contribution in [1.29, 1.82) is 0 Å². The normalized spacial score (nSPS) is 18.2. The Hall–Kier alpha value is -2.68. The lowest BCUT2D eigenvalue weighted by molar-refractivity contribution is -0.135. The number of amides is 2. The standard InChI is InChI=1S/C21H21NO2/c1-13-7-8-15(3)20-17(13)5-4-6-18(20)14(2)9-10-16-11-12-19(23)22-21(16)24/h4-10,16H,2,11-12H2,1,3H3,(H,22,23,24)/b10-9+. The van der Waals surface area contributed by atoms with Gasteiger partial charge in [-0.3, -0.25) is 14.9 Å². The number of hydrogen-bond donors (Lipinski definition) is 1. The third-order valence-electron chi connectivity index (χ3n) is 4.62. The summed E-state index contributed by atoms with van der Waals surface area (Å²) in [6, 6.07) is 10.5. The number of imide groups is 1. The van der Waals surface area contributed by atoms with Gasteiger partial charge in [-0.05, 0) is 53.3 Å². The van der Waals surface area contributed by atoms with Crippen molar-refractivity contribution in [3.05, 3.63) is 65.8 Å². The second kappa shape index (κ2) is 6.44. The average molecular weight is 319 g/mol. The third-order valence-corrected chi connectivity index (χ3v) is 4.62. The van der Waals surface area contributed by atoms with Crippen LogP contribution in [0.5, 0.6) is 0 Å². The fourth-order valence-electron chi connectivity index (χ4n) is 3.21. The Morgan fingerprint density at radius 2 is 1.92 bits per heavy atom. The van der Waals surface area contributed by atoms with Crippen molar-refractivity contribution >= 4 is 28.2 Å². The van der Waals surface area contributed by atoms with E-state index in [0.29, 0.717) is 12.8 Å². The van der Waals surface area contributed by atoms with Crippen molar-refractivity contribution in [3.63, 3.8) is 0 Å². The van der Waals surface area contributed by atoms with Crippen LogP contribution in [-0.2, 0) is 9.59 Å². The summed E-state index contributed by atoms with van der Waals surface area (Å²) in [6.45, 7) is 8.39. The number of carbonyl (C=O) groups excluding carboxylic acids is 2. The van der Waals surface area contributed by atoms with Crippen LogP contribution in [0.1, 0.15) is 29.5 Å². The van der Waals surface area contributed by atoms with E-state index < -0.39 is 0 Å². The summed E-state index contributed by atoms with van der Waals surface area (Å²) in [5.41, 5.74) is 4.40. The number of benzene rings is 2. The molecule has 0 aliphatic carbocycles. The molecule has 1 atom stereocenters. The average Bonchev–Trinajstić information content (AvgIpc) is 2.57. The van der Waals surface area contributed by atoms with Crippen molar-refractivity contribution in [2.24, 2.45) is 5.92 Å². The highest BCUT2D eigenvalue weighted by Crippen LogP contribution is 2.30. The van der Waals surface area contributed by atoms with Gasteiger partial charge in [0.25, 0.3) is 0 Å². The molecule has 3 rings (SSSR count). The Labute approximate surface area is 142 Å². The molecule has 2 aromatic rings. The van der Waals surface area contributed by atoms with Crippen LogP contribution in [0.2, 0.25) is 0 Å². The molecular weight excluding hydrogens is 298 g/mol. The number of allylic oxidation sites excluding steroid dienone is 2. The summed E-state index contributed by atoms with van der Waals surface area (Å²) in [7, 11) is 0. The minimum atomic E-state index is -0.266. The third kappa shape index (κ3) is 3.02. The highest BCUT2D eigenvalue weighted by Gasteiger charge is 2.24. The molecule has 122 valence electrons. The maximum absolute atomic E-state index is 11.9. The molecule has 1 fully saturated rings. The summed E-state index contributed by atoms with van der Waals surface area (Å²) >= 11 is 0.